The number of hydrogen-bond donors (Lipinski definition) is 2. The fourth-order valence-electron chi connectivity index (χ4n) is 2.64. The summed E-state index contributed by atoms with van der Waals surface area (Å²) < 4.78 is 0. The summed E-state index contributed by atoms with van der Waals surface area (Å²) in [5.41, 5.74) is 4.82. The van der Waals surface area contributed by atoms with Crippen LogP contribution in [0.2, 0.25) is 0 Å². The summed E-state index contributed by atoms with van der Waals surface area (Å²) in [7, 11) is 1.56. The van der Waals surface area contributed by atoms with Crippen molar-refractivity contribution in [2.24, 2.45) is 4.99 Å². The molecule has 0 saturated carbocycles. The lowest BCUT2D eigenvalue weighted by molar-refractivity contribution is -0.143. The number of aliphatic imine (C=N–C) groups is 1. The third-order valence-electron chi connectivity index (χ3n) is 4.01. The lowest BCUT2D eigenvalue weighted by atomic mass is 10.0. The van der Waals surface area contributed by atoms with Crippen molar-refractivity contribution in [2.75, 3.05) is 7.05 Å². The molecular weight excluding hydrogens is 338 g/mol. The predicted octanol–water partition coefficient (Wildman–Crippen LogP) is 4.02. The molecule has 0 aliphatic carbocycles. The molecule has 1 aliphatic heterocycles. The smallest absolute Gasteiger partial charge is 0.278 e. The van der Waals surface area contributed by atoms with Crippen molar-refractivity contribution in [2.45, 2.75) is 47.1 Å². The van der Waals surface area contributed by atoms with Gasteiger partial charge in [-0.1, -0.05) is 43.7 Å². The summed E-state index contributed by atoms with van der Waals surface area (Å²) >= 11 is 0. The molecule has 144 valence electrons. The van der Waals surface area contributed by atoms with Crippen LogP contribution in [0.1, 0.15) is 51.7 Å². The van der Waals surface area contributed by atoms with E-state index in [2.05, 4.69) is 60.8 Å². The molecule has 1 aromatic carbocycles. The maximum Gasteiger partial charge on any atom is 0.278 e. The van der Waals surface area contributed by atoms with E-state index >= 15 is 0 Å². The molecule has 0 saturated heterocycles. The maximum atomic E-state index is 11.9. The van der Waals surface area contributed by atoms with Crippen molar-refractivity contribution in [3.05, 3.63) is 58.3 Å². The van der Waals surface area contributed by atoms with E-state index < -0.39 is 5.91 Å². The molecule has 0 unspecified atom stereocenters. The second-order valence-corrected chi connectivity index (χ2v) is 6.67. The third-order valence-corrected chi connectivity index (χ3v) is 4.01. The highest BCUT2D eigenvalue weighted by Crippen LogP contribution is 2.22. The van der Waals surface area contributed by atoms with Gasteiger partial charge in [-0.25, -0.2) is 0 Å². The monoisotopic (exact) mass is 367 g/mol. The number of hydroxylamine groups is 2. The van der Waals surface area contributed by atoms with Crippen LogP contribution in [0.25, 0.3) is 0 Å². The number of nitrogens with one attached hydrogen (secondary N) is 1. The molecule has 27 heavy (non-hydrogen) atoms. The minimum absolute atomic E-state index is 0.264. The summed E-state index contributed by atoms with van der Waals surface area (Å²) in [4.78, 5) is 16.0. The number of terminal acetylenes is 1. The number of carbonyl (C=O) groups excluding carboxylic acids is 1. The second-order valence-electron chi connectivity index (χ2n) is 6.67. The number of amides is 1. The molecule has 0 fully saturated rings. The summed E-state index contributed by atoms with van der Waals surface area (Å²) in [5, 5.41) is 13.8. The Kier molecular flexibility index (Phi) is 8.50. The zero-order chi connectivity index (χ0) is 20.6. The van der Waals surface area contributed by atoms with Gasteiger partial charge in [0, 0.05) is 25.2 Å². The number of carbonyl (C=O) groups is 1. The molecule has 1 aliphatic rings. The number of rotatable bonds is 4. The molecule has 2 N–H and O–H groups in total. The Hall–Kier alpha value is -2.84. The highest BCUT2D eigenvalue weighted by Gasteiger charge is 2.28. The zero-order valence-electron chi connectivity index (χ0n) is 17.0. The van der Waals surface area contributed by atoms with Crippen molar-refractivity contribution in [1.29, 1.82) is 0 Å². The van der Waals surface area contributed by atoms with Crippen LogP contribution in [-0.2, 0) is 11.3 Å². The molecule has 1 amide bonds. The van der Waals surface area contributed by atoms with Gasteiger partial charge in [-0.05, 0) is 37.8 Å². The molecule has 0 bridgehead atoms. The molecular formula is C22H29N3O2. The van der Waals surface area contributed by atoms with Gasteiger partial charge >= 0.3 is 0 Å². The topological polar surface area (TPSA) is 64.9 Å². The van der Waals surface area contributed by atoms with Gasteiger partial charge in [0.15, 0.2) is 5.84 Å². The third kappa shape index (κ3) is 5.83. The van der Waals surface area contributed by atoms with Crippen LogP contribution in [-0.4, -0.2) is 29.1 Å². The second kappa shape index (κ2) is 10.3. The van der Waals surface area contributed by atoms with Crippen LogP contribution < -0.4 is 5.32 Å². The molecule has 1 aromatic rings. The number of allylic oxidation sites excluding steroid dienone is 1. The fourth-order valence-corrected chi connectivity index (χ4v) is 2.64. The van der Waals surface area contributed by atoms with E-state index in [1.807, 2.05) is 13.8 Å². The minimum atomic E-state index is -0.502. The predicted molar refractivity (Wildman–Crippen MR) is 110 cm³/mol. The summed E-state index contributed by atoms with van der Waals surface area (Å²) in [5.74, 6) is 2.51. The molecule has 2 rings (SSSR count). The van der Waals surface area contributed by atoms with Gasteiger partial charge in [-0.3, -0.25) is 15.0 Å². The molecule has 1 heterocycles. The standard InChI is InChI=1S/C19H25N3O2.C3H4/c1-12(2)15-8-6-14(7-9-15)11-21-16-10-17(23)22(24)19(20-5)18(16)13(3)4;1-3-2/h6-10,12,21,24H,11H2,1-5H3;1H,2H3. The van der Waals surface area contributed by atoms with E-state index in [0.29, 0.717) is 23.2 Å². The molecule has 0 radical (unpaired) electrons. The Morgan fingerprint density at radius 3 is 2.30 bits per heavy atom. The van der Waals surface area contributed by atoms with Crippen LogP contribution in [0.4, 0.5) is 0 Å². The lowest BCUT2D eigenvalue weighted by Crippen LogP contribution is -2.40. The maximum absolute atomic E-state index is 11.9. The highest BCUT2D eigenvalue weighted by molar-refractivity contribution is 6.15. The quantitative estimate of drug-likeness (QED) is 0.624. The molecule has 0 atom stereocenters. The first-order valence-corrected chi connectivity index (χ1v) is 8.86. The van der Waals surface area contributed by atoms with Crippen molar-refractivity contribution >= 4 is 11.7 Å². The first-order valence-electron chi connectivity index (χ1n) is 8.86. The van der Waals surface area contributed by atoms with Crippen molar-refractivity contribution in [3.8, 4) is 12.3 Å². The van der Waals surface area contributed by atoms with Gasteiger partial charge in [0.25, 0.3) is 5.91 Å². The Balaban J connectivity index is 0.00000114. The van der Waals surface area contributed by atoms with Crippen LogP contribution in [0, 0.1) is 12.3 Å². The van der Waals surface area contributed by atoms with E-state index in [-0.39, 0.29) is 5.84 Å². The number of nitrogens with zero attached hydrogens (tertiary/aromatic N) is 2. The number of benzene rings is 1. The van der Waals surface area contributed by atoms with Crippen molar-refractivity contribution in [1.82, 2.24) is 10.4 Å². The van der Waals surface area contributed by atoms with E-state index in [4.69, 9.17) is 0 Å². The van der Waals surface area contributed by atoms with Gasteiger partial charge in [0.05, 0.1) is 5.70 Å². The number of amidine groups is 1. The summed E-state index contributed by atoms with van der Waals surface area (Å²) in [6.07, 6.45) is 6.00. The van der Waals surface area contributed by atoms with E-state index in [1.54, 1.807) is 14.0 Å². The van der Waals surface area contributed by atoms with Crippen LogP contribution >= 0.6 is 0 Å². The summed E-state index contributed by atoms with van der Waals surface area (Å²) in [6.45, 7) is 10.4. The van der Waals surface area contributed by atoms with Crippen molar-refractivity contribution in [3.63, 3.8) is 0 Å². The van der Waals surface area contributed by atoms with E-state index in [9.17, 15) is 10.0 Å². The highest BCUT2D eigenvalue weighted by atomic mass is 16.5. The largest absolute Gasteiger partial charge is 0.380 e. The van der Waals surface area contributed by atoms with E-state index in [1.165, 1.54) is 11.6 Å². The van der Waals surface area contributed by atoms with Gasteiger partial charge in [0.1, 0.15) is 0 Å². The SMILES string of the molecule is C#CC.CN=C1C(=C(C)C)C(NCc2ccc(C(C)C)cc2)=CC(=O)N1O. The Morgan fingerprint density at radius 1 is 1.30 bits per heavy atom. The first-order chi connectivity index (χ1) is 12.8. The van der Waals surface area contributed by atoms with E-state index in [0.717, 1.165) is 16.7 Å². The van der Waals surface area contributed by atoms with Gasteiger partial charge < -0.3 is 5.32 Å². The van der Waals surface area contributed by atoms with Crippen LogP contribution in [0.3, 0.4) is 0 Å². The average Bonchev–Trinajstić information content (AvgIpc) is 2.62. The zero-order valence-corrected chi connectivity index (χ0v) is 17.0. The Bertz CT molecular complexity index is 790. The van der Waals surface area contributed by atoms with Gasteiger partial charge in [-0.15, -0.1) is 12.3 Å². The number of hydrogen-bond acceptors (Lipinski definition) is 4. The van der Waals surface area contributed by atoms with Crippen molar-refractivity contribution < 1.29 is 10.0 Å². The lowest BCUT2D eigenvalue weighted by Gasteiger charge is -2.26. The van der Waals surface area contributed by atoms with Crippen LogP contribution in [0.5, 0.6) is 0 Å². The molecule has 5 nitrogen and oxygen atoms in total. The average molecular weight is 367 g/mol. The van der Waals surface area contributed by atoms with Gasteiger partial charge in [0.2, 0.25) is 0 Å². The van der Waals surface area contributed by atoms with Crippen LogP contribution in [0.15, 0.2) is 52.2 Å². The molecule has 0 aromatic heterocycles. The van der Waals surface area contributed by atoms with Gasteiger partial charge in [-0.2, -0.15) is 5.06 Å². The summed E-state index contributed by atoms with van der Waals surface area (Å²) in [6, 6.07) is 8.42. The fraction of sp³-hybridized carbons (Fsp3) is 0.364. The Morgan fingerprint density at radius 2 is 1.85 bits per heavy atom. The Labute approximate surface area is 162 Å². The normalized spacial score (nSPS) is 15.1. The first kappa shape index (κ1) is 22.2. The molecule has 0 spiro atoms. The molecule has 5 heteroatoms. The minimum Gasteiger partial charge on any atom is -0.380 e.